The van der Waals surface area contributed by atoms with E-state index in [1.54, 1.807) is 18.2 Å². The highest BCUT2D eigenvalue weighted by molar-refractivity contribution is 5.95. The summed E-state index contributed by atoms with van der Waals surface area (Å²) in [4.78, 5) is 23.3. The maximum absolute atomic E-state index is 12.5. The Morgan fingerprint density at radius 3 is 2.67 bits per heavy atom. The summed E-state index contributed by atoms with van der Waals surface area (Å²) in [6.07, 6.45) is 4.26. The number of carbonyl (C=O) groups is 2. The minimum atomic E-state index is -0.580. The van der Waals surface area contributed by atoms with E-state index in [1.165, 1.54) is 7.11 Å². The molecule has 1 aromatic rings. The topological polar surface area (TPSA) is 117 Å². The molecule has 0 aromatic heterocycles. The number of ether oxygens (including phenoxy) is 2. The Balaban J connectivity index is 2.07. The molecule has 1 aliphatic carbocycles. The van der Waals surface area contributed by atoms with Crippen molar-refractivity contribution in [2.24, 2.45) is 17.4 Å². The number of methoxy groups -OCH3 is 1. The molecule has 2 unspecified atom stereocenters. The summed E-state index contributed by atoms with van der Waals surface area (Å²) in [5.74, 6) is 0.320. The zero-order chi connectivity index (χ0) is 17.5. The van der Waals surface area contributed by atoms with Crippen LogP contribution in [0.25, 0.3) is 0 Å². The Morgan fingerprint density at radius 2 is 2.00 bits per heavy atom. The Labute approximate surface area is 141 Å². The standard InChI is InChI=1S/C17H25N3O4/c1-23-15-8-11(6-7-14(15)24-10-16(19)21)17(22)20-13-5-3-2-4-12(13)9-18/h6-8,12-13H,2-5,9-10,18H2,1H3,(H2,19,21)(H,20,22). The average molecular weight is 335 g/mol. The molecule has 2 rings (SSSR count). The van der Waals surface area contributed by atoms with E-state index in [1.807, 2.05) is 0 Å². The first-order valence-electron chi connectivity index (χ1n) is 8.15. The summed E-state index contributed by atoms with van der Waals surface area (Å²) >= 11 is 0. The van der Waals surface area contributed by atoms with E-state index in [4.69, 9.17) is 20.9 Å². The van der Waals surface area contributed by atoms with Gasteiger partial charge in [-0.25, -0.2) is 0 Å². The van der Waals surface area contributed by atoms with Gasteiger partial charge in [-0.1, -0.05) is 12.8 Å². The fourth-order valence-corrected chi connectivity index (χ4v) is 3.01. The molecule has 5 N–H and O–H groups in total. The van der Waals surface area contributed by atoms with Crippen molar-refractivity contribution in [3.63, 3.8) is 0 Å². The van der Waals surface area contributed by atoms with Crippen molar-refractivity contribution in [3.8, 4) is 11.5 Å². The SMILES string of the molecule is COc1cc(C(=O)NC2CCCCC2CN)ccc1OCC(N)=O. The van der Waals surface area contributed by atoms with Crippen molar-refractivity contribution in [1.29, 1.82) is 0 Å². The lowest BCUT2D eigenvalue weighted by Crippen LogP contribution is -2.44. The number of nitrogens with one attached hydrogen (secondary N) is 1. The number of amides is 2. The third-order valence-electron chi connectivity index (χ3n) is 4.32. The fraction of sp³-hybridized carbons (Fsp3) is 0.529. The molecule has 1 fully saturated rings. The van der Waals surface area contributed by atoms with Gasteiger partial charge in [-0.15, -0.1) is 0 Å². The maximum Gasteiger partial charge on any atom is 0.255 e. The maximum atomic E-state index is 12.5. The molecule has 2 atom stereocenters. The molecule has 1 aliphatic rings. The van der Waals surface area contributed by atoms with Gasteiger partial charge in [-0.05, 0) is 43.5 Å². The summed E-state index contributed by atoms with van der Waals surface area (Å²) in [5.41, 5.74) is 11.3. The Bertz CT molecular complexity index is 591. The van der Waals surface area contributed by atoms with Gasteiger partial charge in [0.15, 0.2) is 18.1 Å². The highest BCUT2D eigenvalue weighted by atomic mass is 16.5. The van der Waals surface area contributed by atoms with E-state index < -0.39 is 5.91 Å². The van der Waals surface area contributed by atoms with Crippen LogP contribution < -0.4 is 26.3 Å². The van der Waals surface area contributed by atoms with Gasteiger partial charge in [0.05, 0.1) is 7.11 Å². The van der Waals surface area contributed by atoms with Gasteiger partial charge in [0, 0.05) is 11.6 Å². The van der Waals surface area contributed by atoms with E-state index in [0.717, 1.165) is 25.7 Å². The number of hydrogen-bond donors (Lipinski definition) is 3. The molecule has 0 aliphatic heterocycles. The van der Waals surface area contributed by atoms with E-state index in [-0.39, 0.29) is 18.6 Å². The van der Waals surface area contributed by atoms with Gasteiger partial charge < -0.3 is 26.3 Å². The van der Waals surface area contributed by atoms with Gasteiger partial charge >= 0.3 is 0 Å². The van der Waals surface area contributed by atoms with Gasteiger partial charge in [0.1, 0.15) is 0 Å². The van der Waals surface area contributed by atoms with Gasteiger partial charge in [0.2, 0.25) is 0 Å². The van der Waals surface area contributed by atoms with Crippen LogP contribution >= 0.6 is 0 Å². The van der Waals surface area contributed by atoms with Gasteiger partial charge in [-0.3, -0.25) is 9.59 Å². The first-order valence-corrected chi connectivity index (χ1v) is 8.15. The third kappa shape index (κ3) is 4.61. The highest BCUT2D eigenvalue weighted by Crippen LogP contribution is 2.29. The first-order chi connectivity index (χ1) is 11.5. The Morgan fingerprint density at radius 1 is 1.25 bits per heavy atom. The minimum Gasteiger partial charge on any atom is -0.493 e. The van der Waals surface area contributed by atoms with Crippen LogP contribution in [0.1, 0.15) is 36.0 Å². The molecule has 7 nitrogen and oxygen atoms in total. The van der Waals surface area contributed by atoms with Crippen LogP contribution in [0, 0.1) is 5.92 Å². The zero-order valence-electron chi connectivity index (χ0n) is 13.9. The Kier molecular flexibility index (Phi) is 6.43. The van der Waals surface area contributed by atoms with Crippen LogP contribution in [-0.4, -0.2) is 38.1 Å². The normalized spacial score (nSPS) is 20.2. The van der Waals surface area contributed by atoms with Crippen molar-refractivity contribution in [2.75, 3.05) is 20.3 Å². The molecule has 24 heavy (non-hydrogen) atoms. The van der Waals surface area contributed by atoms with Crippen LogP contribution in [0.2, 0.25) is 0 Å². The molecule has 0 saturated heterocycles. The van der Waals surface area contributed by atoms with Crippen molar-refractivity contribution < 1.29 is 19.1 Å². The lowest BCUT2D eigenvalue weighted by Gasteiger charge is -2.31. The summed E-state index contributed by atoms with van der Waals surface area (Å²) in [7, 11) is 1.47. The highest BCUT2D eigenvalue weighted by Gasteiger charge is 2.26. The first kappa shape index (κ1) is 18.1. The van der Waals surface area contributed by atoms with Crippen LogP contribution in [0.3, 0.4) is 0 Å². The molecule has 0 bridgehead atoms. The molecule has 1 aromatic carbocycles. The van der Waals surface area contributed by atoms with Gasteiger partial charge in [-0.2, -0.15) is 0 Å². The van der Waals surface area contributed by atoms with Crippen molar-refractivity contribution >= 4 is 11.8 Å². The van der Waals surface area contributed by atoms with E-state index in [9.17, 15) is 9.59 Å². The number of primary amides is 1. The second-order valence-corrected chi connectivity index (χ2v) is 5.98. The summed E-state index contributed by atoms with van der Waals surface area (Å²) in [6.45, 7) is 0.330. The van der Waals surface area contributed by atoms with Crippen molar-refractivity contribution in [2.45, 2.75) is 31.7 Å². The molecule has 7 heteroatoms. The van der Waals surface area contributed by atoms with Crippen LogP contribution in [0.5, 0.6) is 11.5 Å². The summed E-state index contributed by atoms with van der Waals surface area (Å²) in [5, 5.41) is 3.07. The van der Waals surface area contributed by atoms with E-state index in [0.29, 0.717) is 29.5 Å². The van der Waals surface area contributed by atoms with Gasteiger partial charge in [0.25, 0.3) is 11.8 Å². The van der Waals surface area contributed by atoms with Crippen LogP contribution in [0.4, 0.5) is 0 Å². The second-order valence-electron chi connectivity index (χ2n) is 5.98. The smallest absolute Gasteiger partial charge is 0.255 e. The molecule has 2 amide bonds. The van der Waals surface area contributed by atoms with Crippen molar-refractivity contribution in [3.05, 3.63) is 23.8 Å². The number of benzene rings is 1. The molecule has 1 saturated carbocycles. The molecular formula is C17H25N3O4. The van der Waals surface area contributed by atoms with Crippen LogP contribution in [-0.2, 0) is 4.79 Å². The average Bonchev–Trinajstić information content (AvgIpc) is 2.60. The Hall–Kier alpha value is -2.28. The lowest BCUT2D eigenvalue weighted by molar-refractivity contribution is -0.119. The molecule has 132 valence electrons. The lowest BCUT2D eigenvalue weighted by atomic mass is 9.84. The molecular weight excluding hydrogens is 310 g/mol. The number of nitrogens with two attached hydrogens (primary N) is 2. The monoisotopic (exact) mass is 335 g/mol. The number of rotatable bonds is 7. The third-order valence-corrected chi connectivity index (χ3v) is 4.32. The van der Waals surface area contributed by atoms with Crippen molar-refractivity contribution in [1.82, 2.24) is 5.32 Å². The second kappa shape index (κ2) is 8.54. The number of hydrogen-bond acceptors (Lipinski definition) is 5. The molecule has 0 heterocycles. The quantitative estimate of drug-likeness (QED) is 0.681. The molecule has 0 spiro atoms. The van der Waals surface area contributed by atoms with E-state index >= 15 is 0 Å². The zero-order valence-corrected chi connectivity index (χ0v) is 13.9. The fourth-order valence-electron chi connectivity index (χ4n) is 3.01. The van der Waals surface area contributed by atoms with E-state index in [2.05, 4.69) is 5.32 Å². The number of carbonyl (C=O) groups excluding carboxylic acids is 2. The summed E-state index contributed by atoms with van der Waals surface area (Å²) in [6, 6.07) is 4.92. The predicted molar refractivity (Wildman–Crippen MR) is 90.0 cm³/mol. The summed E-state index contributed by atoms with van der Waals surface area (Å²) < 4.78 is 10.5. The van der Waals surface area contributed by atoms with Crippen LogP contribution in [0.15, 0.2) is 18.2 Å². The molecule has 0 radical (unpaired) electrons. The minimum absolute atomic E-state index is 0.105. The largest absolute Gasteiger partial charge is 0.493 e. The predicted octanol–water partition coefficient (Wildman–Crippen LogP) is 0.807.